The van der Waals surface area contributed by atoms with E-state index >= 15 is 0 Å². The number of hydrogen-bond acceptors (Lipinski definition) is 3. The van der Waals surface area contributed by atoms with Crippen LogP contribution in [0, 0.1) is 28.6 Å². The molecular weight excluding hydrogens is 312 g/mol. The van der Waals surface area contributed by atoms with Gasteiger partial charge in [0.05, 0.1) is 6.10 Å². The zero-order valence-electron chi connectivity index (χ0n) is 15.7. The fraction of sp³-hybridized carbons (Fsp3) is 0.864. The Labute approximate surface area is 151 Å². The van der Waals surface area contributed by atoms with E-state index in [4.69, 9.17) is 4.74 Å². The summed E-state index contributed by atoms with van der Waals surface area (Å²) in [6, 6.07) is 0. The van der Waals surface area contributed by atoms with Crippen LogP contribution in [0.5, 0.6) is 0 Å². The molecule has 1 saturated heterocycles. The van der Waals surface area contributed by atoms with E-state index in [-0.39, 0.29) is 23.1 Å². The summed E-state index contributed by atoms with van der Waals surface area (Å²) in [6.45, 7) is 4.91. The van der Waals surface area contributed by atoms with Crippen molar-refractivity contribution < 1.29 is 14.6 Å². The average molecular weight is 344 g/mol. The summed E-state index contributed by atoms with van der Waals surface area (Å²) in [4.78, 5) is 11.9. The zero-order valence-corrected chi connectivity index (χ0v) is 15.7. The maximum absolute atomic E-state index is 11.9. The minimum absolute atomic E-state index is 0.0306. The molecule has 4 fully saturated rings. The second kappa shape index (κ2) is 5.12. The van der Waals surface area contributed by atoms with Crippen molar-refractivity contribution >= 4 is 5.97 Å². The lowest BCUT2D eigenvalue weighted by Gasteiger charge is -2.59. The topological polar surface area (TPSA) is 46.5 Å². The zero-order chi connectivity index (χ0) is 17.4. The molecule has 3 nitrogen and oxygen atoms in total. The van der Waals surface area contributed by atoms with Gasteiger partial charge in [0.1, 0.15) is 5.60 Å². The van der Waals surface area contributed by atoms with E-state index in [0.29, 0.717) is 17.8 Å². The number of aliphatic hydroxyl groups is 1. The van der Waals surface area contributed by atoms with Crippen LogP contribution in [0.1, 0.15) is 78.1 Å². The van der Waals surface area contributed by atoms with Gasteiger partial charge in [0.15, 0.2) is 0 Å². The molecule has 4 aliphatic carbocycles. The largest absolute Gasteiger partial charge is 0.458 e. The number of carbonyl (C=O) groups excluding carboxylic acids is 1. The minimum atomic E-state index is -0.159. The van der Waals surface area contributed by atoms with Crippen molar-refractivity contribution in [3.8, 4) is 0 Å². The standard InChI is InChI=1S/C22H32O3/c1-20-9-5-15(23)13-14(20)3-4-16-17(20)6-10-21(2)18(16)7-11-22(21)12-8-19(24)25-22/h3,15-18,23H,4-13H2,1-2H3/t15-,16+,17-,18-,20-,21-,22-/m1/s1. The summed E-state index contributed by atoms with van der Waals surface area (Å²) >= 11 is 0. The minimum Gasteiger partial charge on any atom is -0.458 e. The molecule has 1 spiro atoms. The molecule has 0 bridgehead atoms. The summed E-state index contributed by atoms with van der Waals surface area (Å²) in [5, 5.41) is 10.1. The molecule has 1 N–H and O–H groups in total. The number of carbonyl (C=O) groups is 1. The van der Waals surface area contributed by atoms with E-state index in [1.807, 2.05) is 0 Å². The molecule has 3 heteroatoms. The molecule has 3 saturated carbocycles. The molecule has 0 aromatic carbocycles. The van der Waals surface area contributed by atoms with Gasteiger partial charge >= 0.3 is 5.97 Å². The average Bonchev–Trinajstić information content (AvgIpc) is 3.10. The van der Waals surface area contributed by atoms with Crippen LogP contribution in [0.3, 0.4) is 0 Å². The molecule has 0 amide bonds. The fourth-order valence-corrected chi connectivity index (χ4v) is 7.94. The van der Waals surface area contributed by atoms with Gasteiger partial charge < -0.3 is 9.84 Å². The number of rotatable bonds is 0. The van der Waals surface area contributed by atoms with Gasteiger partial charge in [-0.05, 0) is 81.0 Å². The van der Waals surface area contributed by atoms with Gasteiger partial charge in [0.2, 0.25) is 0 Å². The smallest absolute Gasteiger partial charge is 0.306 e. The lowest BCUT2D eigenvalue weighted by molar-refractivity contribution is -0.167. The first-order valence-electron chi connectivity index (χ1n) is 10.5. The van der Waals surface area contributed by atoms with Crippen molar-refractivity contribution in [2.24, 2.45) is 28.6 Å². The predicted molar refractivity (Wildman–Crippen MR) is 95.8 cm³/mol. The van der Waals surface area contributed by atoms with Gasteiger partial charge in [-0.1, -0.05) is 25.5 Å². The molecule has 1 aliphatic heterocycles. The predicted octanol–water partition coefficient (Wildman–Crippen LogP) is 4.39. The lowest BCUT2D eigenvalue weighted by Crippen LogP contribution is -2.54. The van der Waals surface area contributed by atoms with Crippen LogP contribution in [-0.2, 0) is 9.53 Å². The highest BCUT2D eigenvalue weighted by Gasteiger charge is 2.66. The van der Waals surface area contributed by atoms with Gasteiger partial charge in [-0.3, -0.25) is 4.79 Å². The third-order valence-electron chi connectivity index (χ3n) is 9.41. The summed E-state index contributed by atoms with van der Waals surface area (Å²) in [7, 11) is 0. The van der Waals surface area contributed by atoms with Crippen LogP contribution < -0.4 is 0 Å². The second-order valence-electron chi connectivity index (χ2n) is 10.1. The monoisotopic (exact) mass is 344 g/mol. The number of hydrogen-bond donors (Lipinski definition) is 1. The first-order valence-corrected chi connectivity index (χ1v) is 10.5. The Balaban J connectivity index is 1.49. The third-order valence-corrected chi connectivity index (χ3v) is 9.41. The van der Waals surface area contributed by atoms with Crippen LogP contribution in [0.2, 0.25) is 0 Å². The Bertz CT molecular complexity index is 639. The molecule has 25 heavy (non-hydrogen) atoms. The van der Waals surface area contributed by atoms with E-state index < -0.39 is 0 Å². The first kappa shape index (κ1) is 16.4. The molecule has 7 atom stereocenters. The van der Waals surface area contributed by atoms with E-state index in [1.54, 1.807) is 0 Å². The highest BCUT2D eigenvalue weighted by atomic mass is 16.6. The Hall–Kier alpha value is -0.830. The molecule has 138 valence electrons. The van der Waals surface area contributed by atoms with Crippen LogP contribution in [0.25, 0.3) is 0 Å². The lowest BCUT2D eigenvalue weighted by atomic mass is 9.47. The first-order chi connectivity index (χ1) is 11.9. The number of allylic oxidation sites excluding steroid dienone is 1. The quantitative estimate of drug-likeness (QED) is 0.524. The summed E-state index contributed by atoms with van der Waals surface area (Å²) in [6.07, 6.45) is 12.9. The van der Waals surface area contributed by atoms with Gasteiger partial charge in [0.25, 0.3) is 0 Å². The number of ether oxygens (including phenoxy) is 1. The van der Waals surface area contributed by atoms with Crippen molar-refractivity contribution in [3.05, 3.63) is 11.6 Å². The number of fused-ring (bicyclic) bond motifs is 6. The molecule has 5 aliphatic rings. The van der Waals surface area contributed by atoms with Crippen LogP contribution in [0.15, 0.2) is 11.6 Å². The third kappa shape index (κ3) is 1.99. The fourth-order valence-electron chi connectivity index (χ4n) is 7.94. The van der Waals surface area contributed by atoms with E-state index in [0.717, 1.165) is 43.9 Å². The molecular formula is C22H32O3. The van der Waals surface area contributed by atoms with E-state index in [1.165, 1.54) is 31.3 Å². The summed E-state index contributed by atoms with van der Waals surface area (Å²) in [5.74, 6) is 2.22. The van der Waals surface area contributed by atoms with Crippen molar-refractivity contribution in [2.45, 2.75) is 89.8 Å². The highest BCUT2D eigenvalue weighted by molar-refractivity contribution is 5.72. The van der Waals surface area contributed by atoms with Crippen molar-refractivity contribution in [2.75, 3.05) is 0 Å². The molecule has 0 unspecified atom stereocenters. The second-order valence-corrected chi connectivity index (χ2v) is 10.1. The van der Waals surface area contributed by atoms with E-state index in [2.05, 4.69) is 19.9 Å². The van der Waals surface area contributed by atoms with Gasteiger partial charge in [-0.15, -0.1) is 0 Å². The van der Waals surface area contributed by atoms with Crippen LogP contribution >= 0.6 is 0 Å². The Morgan fingerprint density at radius 3 is 2.64 bits per heavy atom. The van der Waals surface area contributed by atoms with Crippen LogP contribution in [-0.4, -0.2) is 22.8 Å². The van der Waals surface area contributed by atoms with E-state index in [9.17, 15) is 9.90 Å². The Kier molecular flexibility index (Phi) is 3.35. The number of aliphatic hydroxyl groups excluding tert-OH is 1. The highest BCUT2D eigenvalue weighted by Crippen LogP contribution is 2.69. The maximum atomic E-state index is 11.9. The van der Waals surface area contributed by atoms with Gasteiger partial charge in [0, 0.05) is 11.8 Å². The molecule has 0 radical (unpaired) electrons. The van der Waals surface area contributed by atoms with Gasteiger partial charge in [-0.2, -0.15) is 0 Å². The Morgan fingerprint density at radius 1 is 1.08 bits per heavy atom. The van der Waals surface area contributed by atoms with Crippen molar-refractivity contribution in [1.29, 1.82) is 0 Å². The molecule has 5 rings (SSSR count). The normalized spacial score (nSPS) is 54.5. The van der Waals surface area contributed by atoms with Gasteiger partial charge in [-0.25, -0.2) is 0 Å². The molecule has 0 aromatic heterocycles. The van der Waals surface area contributed by atoms with Crippen molar-refractivity contribution in [1.82, 2.24) is 0 Å². The SMILES string of the molecule is C[C@@]12CC[C@@H](O)CC1=CC[C@H]1[C@H]2CC[C@]2(C)[C@@H]1CC[C@@]21CCC(=O)O1. The van der Waals surface area contributed by atoms with Crippen LogP contribution in [0.4, 0.5) is 0 Å². The molecule has 0 aromatic rings. The maximum Gasteiger partial charge on any atom is 0.306 e. The Morgan fingerprint density at radius 2 is 1.88 bits per heavy atom. The van der Waals surface area contributed by atoms with Crippen molar-refractivity contribution in [3.63, 3.8) is 0 Å². The molecule has 1 heterocycles. The summed E-state index contributed by atoms with van der Waals surface area (Å²) in [5.41, 5.74) is 1.85. The number of esters is 1. The summed E-state index contributed by atoms with van der Waals surface area (Å²) < 4.78 is 6.02.